The predicted octanol–water partition coefficient (Wildman–Crippen LogP) is 1.36. The summed E-state index contributed by atoms with van der Waals surface area (Å²) < 4.78 is 49.2. The van der Waals surface area contributed by atoms with Gasteiger partial charge in [0, 0.05) is 11.1 Å². The Bertz CT molecular complexity index is 700. The molecule has 20 heavy (non-hydrogen) atoms. The highest BCUT2D eigenvalue weighted by molar-refractivity contribution is 7.94. The molecule has 0 saturated carbocycles. The molecule has 0 atom stereocenters. The Labute approximate surface area is 122 Å². The Morgan fingerprint density at radius 2 is 1.85 bits per heavy atom. The molecule has 2 rings (SSSR count). The van der Waals surface area contributed by atoms with Crippen molar-refractivity contribution in [3.05, 3.63) is 23.2 Å². The number of halogens is 1. The van der Waals surface area contributed by atoms with Crippen molar-refractivity contribution < 1.29 is 21.9 Å². The number of nitrogens with one attached hydrogen (secondary N) is 1. The summed E-state index contributed by atoms with van der Waals surface area (Å²) in [6.45, 7) is 0. The zero-order valence-electron chi connectivity index (χ0n) is 10.4. The Morgan fingerprint density at radius 1 is 1.25 bits per heavy atom. The number of phenols is 1. The molecule has 0 spiro atoms. The highest BCUT2D eigenvalue weighted by Gasteiger charge is 2.33. The Kier molecular flexibility index (Phi) is 4.17. The fraction of sp³-hybridized carbons (Fsp3) is 0.455. The van der Waals surface area contributed by atoms with Crippen molar-refractivity contribution in [2.75, 3.05) is 16.2 Å². The van der Waals surface area contributed by atoms with Crippen LogP contribution in [0.5, 0.6) is 5.75 Å². The Balaban J connectivity index is 2.16. The summed E-state index contributed by atoms with van der Waals surface area (Å²) in [5, 5.41) is 9.14. The minimum atomic E-state index is -3.74. The molecule has 9 heteroatoms. The number of aromatic hydroxyl groups is 1. The molecular formula is C11H14ClNO5S2. The van der Waals surface area contributed by atoms with Gasteiger partial charge in [0.1, 0.15) is 15.6 Å². The largest absolute Gasteiger partial charge is 0.506 e. The second kappa shape index (κ2) is 5.42. The monoisotopic (exact) mass is 339 g/mol. The van der Waals surface area contributed by atoms with Crippen molar-refractivity contribution in [3.8, 4) is 5.75 Å². The third-order valence-corrected chi connectivity index (χ3v) is 6.96. The first kappa shape index (κ1) is 15.4. The zero-order valence-corrected chi connectivity index (χ0v) is 12.8. The molecule has 1 aliphatic heterocycles. The molecule has 0 amide bonds. The first-order valence-electron chi connectivity index (χ1n) is 5.90. The number of sulfone groups is 1. The number of hydrogen-bond acceptors (Lipinski definition) is 5. The topological polar surface area (TPSA) is 101 Å². The van der Waals surface area contributed by atoms with Crippen LogP contribution in [0.2, 0.25) is 5.02 Å². The van der Waals surface area contributed by atoms with Gasteiger partial charge in [-0.15, -0.1) is 0 Å². The highest BCUT2D eigenvalue weighted by Crippen LogP contribution is 2.29. The lowest BCUT2D eigenvalue weighted by molar-refractivity contribution is 0.477. The van der Waals surface area contributed by atoms with E-state index in [1.165, 1.54) is 18.2 Å². The van der Waals surface area contributed by atoms with Gasteiger partial charge in [0.15, 0.2) is 0 Å². The third-order valence-electron chi connectivity index (χ3n) is 3.15. The number of sulfonamides is 1. The maximum Gasteiger partial charge on any atom is 0.235 e. The molecule has 0 bridgehead atoms. The average Bonchev–Trinajstić information content (AvgIpc) is 2.32. The SMILES string of the molecule is O=S1(=O)CCC(S(=O)(=O)Nc2ccc(Cl)cc2O)CC1. The second-order valence-corrected chi connectivity index (χ2v) is 9.36. The van der Waals surface area contributed by atoms with Crippen molar-refractivity contribution in [3.63, 3.8) is 0 Å². The number of benzene rings is 1. The molecule has 1 aromatic carbocycles. The molecule has 112 valence electrons. The van der Waals surface area contributed by atoms with Crippen LogP contribution in [0.1, 0.15) is 12.8 Å². The van der Waals surface area contributed by atoms with Crippen LogP contribution in [-0.2, 0) is 19.9 Å². The molecule has 1 fully saturated rings. The van der Waals surface area contributed by atoms with E-state index in [0.29, 0.717) is 0 Å². The molecule has 1 aromatic rings. The van der Waals surface area contributed by atoms with E-state index in [2.05, 4.69) is 4.72 Å². The summed E-state index contributed by atoms with van der Waals surface area (Å²) in [5.41, 5.74) is 0.0304. The minimum absolute atomic E-state index is 0.0304. The van der Waals surface area contributed by atoms with Crippen LogP contribution in [-0.4, -0.2) is 38.7 Å². The van der Waals surface area contributed by atoms with Gasteiger partial charge in [0.2, 0.25) is 10.0 Å². The molecule has 6 nitrogen and oxygen atoms in total. The number of anilines is 1. The molecular weight excluding hydrogens is 326 g/mol. The van der Waals surface area contributed by atoms with Gasteiger partial charge < -0.3 is 5.11 Å². The molecule has 0 aliphatic carbocycles. The van der Waals surface area contributed by atoms with Crippen molar-refractivity contribution in [1.29, 1.82) is 0 Å². The van der Waals surface area contributed by atoms with Crippen LogP contribution in [0.4, 0.5) is 5.69 Å². The molecule has 0 radical (unpaired) electrons. The quantitative estimate of drug-likeness (QED) is 0.810. The van der Waals surface area contributed by atoms with E-state index >= 15 is 0 Å². The Morgan fingerprint density at radius 3 is 2.40 bits per heavy atom. The standard InChI is InChI=1S/C11H14ClNO5S2/c12-8-1-2-10(11(14)7-8)13-20(17,18)9-3-5-19(15,16)6-4-9/h1-2,7,9,13-14H,3-6H2. The number of hydrogen-bond donors (Lipinski definition) is 2. The van der Waals surface area contributed by atoms with Crippen molar-refractivity contribution in [1.82, 2.24) is 0 Å². The minimum Gasteiger partial charge on any atom is -0.506 e. The normalized spacial score (nSPS) is 19.6. The van der Waals surface area contributed by atoms with Crippen molar-refractivity contribution in [2.45, 2.75) is 18.1 Å². The third kappa shape index (κ3) is 3.56. The van der Waals surface area contributed by atoms with Crippen LogP contribution in [0, 0.1) is 0 Å². The van der Waals surface area contributed by atoms with Crippen LogP contribution in [0.25, 0.3) is 0 Å². The van der Waals surface area contributed by atoms with Gasteiger partial charge in [0.05, 0.1) is 22.4 Å². The lowest BCUT2D eigenvalue weighted by Gasteiger charge is -2.22. The van der Waals surface area contributed by atoms with Gasteiger partial charge in [-0.05, 0) is 25.0 Å². The predicted molar refractivity (Wildman–Crippen MR) is 77.3 cm³/mol. The smallest absolute Gasteiger partial charge is 0.235 e. The van der Waals surface area contributed by atoms with Gasteiger partial charge in [-0.3, -0.25) is 4.72 Å². The van der Waals surface area contributed by atoms with Gasteiger partial charge in [-0.25, -0.2) is 16.8 Å². The summed E-state index contributed by atoms with van der Waals surface area (Å²) in [7, 11) is -6.86. The van der Waals surface area contributed by atoms with E-state index in [-0.39, 0.29) is 40.8 Å². The van der Waals surface area contributed by atoms with E-state index < -0.39 is 25.1 Å². The summed E-state index contributed by atoms with van der Waals surface area (Å²) >= 11 is 5.66. The fourth-order valence-corrected chi connectivity index (χ4v) is 5.46. The zero-order chi connectivity index (χ0) is 15.0. The summed E-state index contributed by atoms with van der Waals surface area (Å²) in [4.78, 5) is 0. The summed E-state index contributed by atoms with van der Waals surface area (Å²) in [5.74, 6) is -0.541. The molecule has 1 heterocycles. The fourth-order valence-electron chi connectivity index (χ4n) is 2.01. The van der Waals surface area contributed by atoms with Crippen LogP contribution < -0.4 is 4.72 Å². The van der Waals surface area contributed by atoms with Gasteiger partial charge >= 0.3 is 0 Å². The van der Waals surface area contributed by atoms with Gasteiger partial charge in [0.25, 0.3) is 0 Å². The van der Waals surface area contributed by atoms with Crippen LogP contribution in [0.15, 0.2) is 18.2 Å². The van der Waals surface area contributed by atoms with Crippen LogP contribution >= 0.6 is 11.6 Å². The molecule has 0 aromatic heterocycles. The molecule has 0 unspecified atom stereocenters. The van der Waals surface area contributed by atoms with Crippen molar-refractivity contribution in [2.24, 2.45) is 0 Å². The van der Waals surface area contributed by atoms with Crippen LogP contribution in [0.3, 0.4) is 0 Å². The second-order valence-electron chi connectivity index (χ2n) is 4.66. The maximum atomic E-state index is 12.2. The Hall–Kier alpha value is -0.990. The van der Waals surface area contributed by atoms with Gasteiger partial charge in [-0.1, -0.05) is 11.6 Å². The number of phenolic OH excluding ortho intramolecular Hbond substituents is 1. The maximum absolute atomic E-state index is 12.2. The van der Waals surface area contributed by atoms with E-state index in [1.54, 1.807) is 0 Å². The van der Waals surface area contributed by atoms with E-state index in [9.17, 15) is 21.9 Å². The summed E-state index contributed by atoms with van der Waals surface area (Å²) in [6, 6.07) is 4.03. The van der Waals surface area contributed by atoms with E-state index in [0.717, 1.165) is 0 Å². The number of rotatable bonds is 3. The van der Waals surface area contributed by atoms with Gasteiger partial charge in [-0.2, -0.15) is 0 Å². The lowest BCUT2D eigenvalue weighted by atomic mass is 10.2. The lowest BCUT2D eigenvalue weighted by Crippen LogP contribution is -2.36. The van der Waals surface area contributed by atoms with Crippen molar-refractivity contribution >= 4 is 37.1 Å². The molecule has 1 saturated heterocycles. The molecule has 2 N–H and O–H groups in total. The summed E-state index contributed by atoms with van der Waals surface area (Å²) in [6.07, 6.45) is 0.123. The van der Waals surface area contributed by atoms with E-state index in [1.807, 2.05) is 0 Å². The first-order valence-corrected chi connectivity index (χ1v) is 9.65. The highest BCUT2D eigenvalue weighted by atomic mass is 35.5. The first-order chi connectivity index (χ1) is 9.20. The average molecular weight is 340 g/mol. The molecule has 1 aliphatic rings. The van der Waals surface area contributed by atoms with E-state index in [4.69, 9.17) is 11.6 Å².